The van der Waals surface area contributed by atoms with E-state index >= 15 is 0 Å². The van der Waals surface area contributed by atoms with Crippen LogP contribution in [0, 0.1) is 13.8 Å². The van der Waals surface area contributed by atoms with Crippen LogP contribution in [0.15, 0.2) is 34.9 Å². The highest BCUT2D eigenvalue weighted by Gasteiger charge is 2.51. The summed E-state index contributed by atoms with van der Waals surface area (Å²) >= 11 is 0. The Hall–Kier alpha value is -2.14. The molecule has 0 radical (unpaired) electrons. The molecule has 0 spiro atoms. The Balaban J connectivity index is 1.36. The molecule has 1 aromatic carbocycles. The topological polar surface area (TPSA) is 58.4 Å². The number of carbonyl (C=O) groups is 1. The lowest BCUT2D eigenvalue weighted by Crippen LogP contribution is -2.42. The maximum absolute atomic E-state index is 12.9. The highest BCUT2D eigenvalue weighted by Crippen LogP contribution is 2.48. The fourth-order valence-electron chi connectivity index (χ4n) is 3.90. The predicted molar refractivity (Wildman–Crippen MR) is 95.2 cm³/mol. The molecule has 132 valence electrons. The summed E-state index contributed by atoms with van der Waals surface area (Å²) in [7, 11) is 0. The minimum atomic E-state index is -0.281. The molecule has 0 unspecified atom stereocenters. The molecule has 1 aliphatic heterocycles. The third kappa shape index (κ3) is 3.09. The Bertz CT molecular complexity index is 745. The van der Waals surface area contributed by atoms with Gasteiger partial charge in [0, 0.05) is 31.2 Å². The summed E-state index contributed by atoms with van der Waals surface area (Å²) in [6.45, 7) is 6.67. The van der Waals surface area contributed by atoms with E-state index in [1.807, 2.05) is 32.0 Å². The molecule has 5 heteroatoms. The zero-order valence-electron chi connectivity index (χ0n) is 14.9. The van der Waals surface area contributed by atoms with Gasteiger partial charge < -0.3 is 9.84 Å². The molecule has 1 N–H and O–H groups in total. The minimum Gasteiger partial charge on any atom is -0.361 e. The van der Waals surface area contributed by atoms with Gasteiger partial charge in [0.15, 0.2) is 0 Å². The van der Waals surface area contributed by atoms with Crippen molar-refractivity contribution >= 4 is 5.91 Å². The lowest BCUT2D eigenvalue weighted by molar-refractivity contribution is -0.124. The second kappa shape index (κ2) is 6.30. The monoisotopic (exact) mass is 339 g/mol. The van der Waals surface area contributed by atoms with Gasteiger partial charge in [-0.15, -0.1) is 0 Å². The summed E-state index contributed by atoms with van der Waals surface area (Å²) < 4.78 is 5.25. The van der Waals surface area contributed by atoms with Crippen LogP contribution in [0.25, 0.3) is 0 Å². The highest BCUT2D eigenvalue weighted by molar-refractivity contribution is 5.91. The van der Waals surface area contributed by atoms with Crippen molar-refractivity contribution in [3.05, 3.63) is 52.9 Å². The van der Waals surface area contributed by atoms with E-state index in [2.05, 4.69) is 27.5 Å². The molecule has 5 nitrogen and oxygen atoms in total. The Morgan fingerprint density at radius 3 is 2.72 bits per heavy atom. The first-order valence-corrected chi connectivity index (χ1v) is 9.09. The molecule has 2 aliphatic rings. The van der Waals surface area contributed by atoms with Gasteiger partial charge in [-0.1, -0.05) is 35.5 Å². The molecule has 1 saturated carbocycles. The maximum atomic E-state index is 12.9. The van der Waals surface area contributed by atoms with Crippen LogP contribution in [0.3, 0.4) is 0 Å². The Labute approximate surface area is 148 Å². The van der Waals surface area contributed by atoms with Crippen molar-refractivity contribution in [1.29, 1.82) is 0 Å². The van der Waals surface area contributed by atoms with E-state index in [1.165, 1.54) is 5.56 Å². The van der Waals surface area contributed by atoms with Crippen LogP contribution in [0.1, 0.15) is 41.8 Å². The number of likely N-dealkylation sites (tertiary alicyclic amines) is 1. The van der Waals surface area contributed by atoms with E-state index < -0.39 is 0 Å². The van der Waals surface area contributed by atoms with Crippen LogP contribution >= 0.6 is 0 Å². The van der Waals surface area contributed by atoms with E-state index in [-0.39, 0.29) is 17.4 Å². The molecular formula is C20H25N3O2. The van der Waals surface area contributed by atoms with E-state index in [0.717, 1.165) is 55.9 Å². The smallest absolute Gasteiger partial charge is 0.230 e. The molecular weight excluding hydrogens is 314 g/mol. The first kappa shape index (κ1) is 16.3. The van der Waals surface area contributed by atoms with Crippen molar-refractivity contribution in [1.82, 2.24) is 15.4 Å². The van der Waals surface area contributed by atoms with Gasteiger partial charge in [0.25, 0.3) is 0 Å². The van der Waals surface area contributed by atoms with Crippen LogP contribution < -0.4 is 5.32 Å². The number of hydrogen-bond acceptors (Lipinski definition) is 4. The van der Waals surface area contributed by atoms with E-state index in [4.69, 9.17) is 4.52 Å². The first-order valence-electron chi connectivity index (χ1n) is 9.09. The lowest BCUT2D eigenvalue weighted by Gasteiger charge is -2.20. The Morgan fingerprint density at radius 2 is 2.08 bits per heavy atom. The number of aryl methyl sites for hydroxylation is 2. The zero-order valence-corrected chi connectivity index (χ0v) is 14.9. The normalized spacial score (nSPS) is 22.1. The molecule has 1 aliphatic carbocycles. The predicted octanol–water partition coefficient (Wildman–Crippen LogP) is 2.71. The van der Waals surface area contributed by atoms with Gasteiger partial charge in [0.05, 0.1) is 11.1 Å². The molecule has 2 fully saturated rings. The third-order valence-electron chi connectivity index (χ3n) is 5.68. The van der Waals surface area contributed by atoms with E-state index in [9.17, 15) is 4.79 Å². The van der Waals surface area contributed by atoms with Gasteiger partial charge in [-0.05, 0) is 38.7 Å². The number of rotatable bonds is 5. The molecule has 0 bridgehead atoms. The summed E-state index contributed by atoms with van der Waals surface area (Å²) in [5, 5.41) is 7.33. The summed E-state index contributed by atoms with van der Waals surface area (Å²) in [4.78, 5) is 15.2. The summed E-state index contributed by atoms with van der Waals surface area (Å²) in [6.07, 6.45) is 2.91. The average Bonchev–Trinajstić information content (AvgIpc) is 3.24. The summed E-state index contributed by atoms with van der Waals surface area (Å²) in [5.41, 5.74) is 3.01. The van der Waals surface area contributed by atoms with E-state index in [0.29, 0.717) is 0 Å². The summed E-state index contributed by atoms with van der Waals surface area (Å²) in [6, 6.07) is 10.4. The molecule has 1 aromatic heterocycles. The summed E-state index contributed by atoms with van der Waals surface area (Å²) in [5.74, 6) is 1.09. The van der Waals surface area contributed by atoms with Crippen molar-refractivity contribution in [3.63, 3.8) is 0 Å². The minimum absolute atomic E-state index is 0.197. The van der Waals surface area contributed by atoms with Crippen LogP contribution in [-0.2, 0) is 16.8 Å². The first-order chi connectivity index (χ1) is 12.1. The standard InChI is InChI=1S/C20H25N3O2/c1-14-18(15(2)25-22-14)13-23-11-8-17(12-23)21-19(24)20(9-10-20)16-6-4-3-5-7-16/h3-7,17H,8-13H2,1-2H3,(H,21,24)/t17-/m1/s1. The molecule has 1 atom stereocenters. The zero-order chi connectivity index (χ0) is 17.4. The van der Waals surface area contributed by atoms with Crippen LogP contribution in [0.2, 0.25) is 0 Å². The Morgan fingerprint density at radius 1 is 1.32 bits per heavy atom. The molecule has 2 aromatic rings. The molecule has 4 rings (SSSR count). The van der Waals surface area contributed by atoms with Gasteiger partial charge in [0.2, 0.25) is 5.91 Å². The molecule has 2 heterocycles. The molecule has 1 saturated heterocycles. The van der Waals surface area contributed by atoms with Gasteiger partial charge >= 0.3 is 0 Å². The molecule has 25 heavy (non-hydrogen) atoms. The molecule has 1 amide bonds. The van der Waals surface area contributed by atoms with Crippen LogP contribution in [-0.4, -0.2) is 35.1 Å². The fraction of sp³-hybridized carbons (Fsp3) is 0.500. The lowest BCUT2D eigenvalue weighted by atomic mass is 9.94. The fourth-order valence-corrected chi connectivity index (χ4v) is 3.90. The quantitative estimate of drug-likeness (QED) is 0.910. The van der Waals surface area contributed by atoms with Crippen LogP contribution in [0.5, 0.6) is 0 Å². The van der Waals surface area contributed by atoms with E-state index in [1.54, 1.807) is 0 Å². The van der Waals surface area contributed by atoms with Crippen molar-refractivity contribution in [2.45, 2.75) is 51.1 Å². The number of aromatic nitrogens is 1. The largest absolute Gasteiger partial charge is 0.361 e. The highest BCUT2D eigenvalue weighted by atomic mass is 16.5. The number of nitrogens with one attached hydrogen (secondary N) is 1. The average molecular weight is 339 g/mol. The number of hydrogen-bond donors (Lipinski definition) is 1. The van der Waals surface area contributed by atoms with Gasteiger partial charge in [0.1, 0.15) is 5.76 Å². The Kier molecular flexibility index (Phi) is 4.12. The van der Waals surface area contributed by atoms with Gasteiger partial charge in [-0.3, -0.25) is 9.69 Å². The third-order valence-corrected chi connectivity index (χ3v) is 5.68. The van der Waals surface area contributed by atoms with Crippen molar-refractivity contribution < 1.29 is 9.32 Å². The van der Waals surface area contributed by atoms with Crippen molar-refractivity contribution in [2.24, 2.45) is 0 Å². The van der Waals surface area contributed by atoms with Crippen molar-refractivity contribution in [3.8, 4) is 0 Å². The number of benzene rings is 1. The second-order valence-electron chi connectivity index (χ2n) is 7.45. The van der Waals surface area contributed by atoms with Crippen LogP contribution in [0.4, 0.5) is 0 Å². The second-order valence-corrected chi connectivity index (χ2v) is 7.45. The maximum Gasteiger partial charge on any atom is 0.230 e. The van der Waals surface area contributed by atoms with Gasteiger partial charge in [-0.2, -0.15) is 0 Å². The SMILES string of the molecule is Cc1noc(C)c1CN1CC[C@@H](NC(=O)C2(c3ccccc3)CC2)C1. The number of amides is 1. The number of carbonyl (C=O) groups excluding carboxylic acids is 1. The van der Waals surface area contributed by atoms with Gasteiger partial charge in [-0.25, -0.2) is 0 Å². The number of nitrogens with zero attached hydrogens (tertiary/aromatic N) is 2. The van der Waals surface area contributed by atoms with Crippen molar-refractivity contribution in [2.75, 3.05) is 13.1 Å².